The molecule has 0 aliphatic carbocycles. The van der Waals surface area contributed by atoms with Crippen molar-refractivity contribution in [1.29, 1.82) is 0 Å². The first-order chi connectivity index (χ1) is 13.1. The van der Waals surface area contributed by atoms with Crippen molar-refractivity contribution in [1.82, 2.24) is 4.57 Å². The number of anilines is 1. The van der Waals surface area contributed by atoms with Crippen LogP contribution in [0.2, 0.25) is 15.1 Å². The van der Waals surface area contributed by atoms with Gasteiger partial charge >= 0.3 is 0 Å². The van der Waals surface area contributed by atoms with Gasteiger partial charge in [0.2, 0.25) is 0 Å². The van der Waals surface area contributed by atoms with E-state index in [1.165, 1.54) is 16.5 Å². The predicted octanol–water partition coefficient (Wildman–Crippen LogP) is 7.26. The molecule has 0 saturated carbocycles. The smallest absolute Gasteiger partial charge is 0.0652 e. The molecular weight excluding hydrogens is 399 g/mol. The fourth-order valence-corrected chi connectivity index (χ4v) is 3.90. The molecule has 2 nitrogen and oxygen atoms in total. The molecule has 27 heavy (non-hydrogen) atoms. The van der Waals surface area contributed by atoms with E-state index in [0.717, 1.165) is 22.8 Å². The summed E-state index contributed by atoms with van der Waals surface area (Å²) in [6, 6.07) is 21.8. The third kappa shape index (κ3) is 3.93. The first kappa shape index (κ1) is 18.2. The highest BCUT2D eigenvalue weighted by atomic mass is 35.5. The molecule has 0 fully saturated rings. The van der Waals surface area contributed by atoms with Crippen molar-refractivity contribution in [2.75, 3.05) is 5.32 Å². The Hall–Kier alpha value is -2.13. The van der Waals surface area contributed by atoms with Gasteiger partial charge < -0.3 is 9.88 Å². The molecule has 4 aromatic rings. The zero-order valence-corrected chi connectivity index (χ0v) is 16.7. The minimum Gasteiger partial charge on any atom is -0.380 e. The summed E-state index contributed by atoms with van der Waals surface area (Å²) >= 11 is 18.6. The molecule has 0 unspecified atom stereocenters. The second kappa shape index (κ2) is 7.85. The Bertz CT molecular complexity index is 1100. The summed E-state index contributed by atoms with van der Waals surface area (Å²) in [6.07, 6.45) is 2.17. The third-order valence-electron chi connectivity index (χ3n) is 4.57. The first-order valence-electron chi connectivity index (χ1n) is 8.61. The van der Waals surface area contributed by atoms with E-state index in [1.807, 2.05) is 30.3 Å². The van der Waals surface area contributed by atoms with Gasteiger partial charge in [-0.15, -0.1) is 0 Å². The number of rotatable bonds is 5. The first-order valence-corrected chi connectivity index (χ1v) is 9.74. The summed E-state index contributed by atoms with van der Waals surface area (Å²) in [5.74, 6) is 0. The van der Waals surface area contributed by atoms with Crippen molar-refractivity contribution < 1.29 is 0 Å². The largest absolute Gasteiger partial charge is 0.380 e. The Balaban J connectivity index is 1.64. The van der Waals surface area contributed by atoms with Gasteiger partial charge in [0.25, 0.3) is 0 Å². The molecule has 3 aromatic carbocycles. The Kier molecular flexibility index (Phi) is 5.31. The van der Waals surface area contributed by atoms with Gasteiger partial charge in [0, 0.05) is 40.2 Å². The Morgan fingerprint density at radius 1 is 0.778 bits per heavy atom. The molecule has 0 amide bonds. The topological polar surface area (TPSA) is 17.0 Å². The zero-order chi connectivity index (χ0) is 18.8. The summed E-state index contributed by atoms with van der Waals surface area (Å²) < 4.78 is 2.23. The van der Waals surface area contributed by atoms with Gasteiger partial charge in [0.15, 0.2) is 0 Å². The van der Waals surface area contributed by atoms with Crippen molar-refractivity contribution in [3.05, 3.63) is 99.1 Å². The van der Waals surface area contributed by atoms with Gasteiger partial charge in [0.05, 0.1) is 10.7 Å². The number of para-hydroxylation sites is 1. The lowest BCUT2D eigenvalue weighted by Crippen LogP contribution is -2.00. The van der Waals surface area contributed by atoms with E-state index in [4.69, 9.17) is 34.8 Å². The molecule has 5 heteroatoms. The molecule has 4 rings (SSSR count). The summed E-state index contributed by atoms with van der Waals surface area (Å²) in [6.45, 7) is 1.39. The van der Waals surface area contributed by atoms with Gasteiger partial charge in [-0.25, -0.2) is 0 Å². The monoisotopic (exact) mass is 414 g/mol. The lowest BCUT2D eigenvalue weighted by atomic mass is 10.1. The average molecular weight is 416 g/mol. The van der Waals surface area contributed by atoms with Gasteiger partial charge in [-0.2, -0.15) is 0 Å². The molecule has 0 aliphatic heterocycles. The maximum atomic E-state index is 6.35. The van der Waals surface area contributed by atoms with Crippen LogP contribution >= 0.6 is 34.8 Å². The van der Waals surface area contributed by atoms with E-state index in [1.54, 1.807) is 6.07 Å². The van der Waals surface area contributed by atoms with E-state index in [9.17, 15) is 0 Å². The lowest BCUT2D eigenvalue weighted by molar-refractivity contribution is 0.831. The van der Waals surface area contributed by atoms with Crippen LogP contribution in [-0.4, -0.2) is 4.57 Å². The highest BCUT2D eigenvalue weighted by molar-refractivity contribution is 6.36. The normalized spacial score (nSPS) is 11.1. The van der Waals surface area contributed by atoms with Crippen molar-refractivity contribution >= 4 is 51.4 Å². The van der Waals surface area contributed by atoms with Crippen molar-refractivity contribution in [3.63, 3.8) is 0 Å². The SMILES string of the molecule is Clc1ccc(NCc2cn(Cc3ccccc3Cl)c3ccccc23)c(Cl)c1. The summed E-state index contributed by atoms with van der Waals surface area (Å²) in [5, 5.41) is 6.64. The van der Waals surface area contributed by atoms with Crippen molar-refractivity contribution in [2.24, 2.45) is 0 Å². The Labute approximate surface area is 173 Å². The number of hydrogen-bond acceptors (Lipinski definition) is 1. The zero-order valence-electron chi connectivity index (χ0n) is 14.4. The number of fused-ring (bicyclic) bond motifs is 1. The van der Waals surface area contributed by atoms with Crippen LogP contribution in [-0.2, 0) is 13.1 Å². The maximum absolute atomic E-state index is 6.35. The van der Waals surface area contributed by atoms with Gasteiger partial charge in [-0.3, -0.25) is 0 Å². The van der Waals surface area contributed by atoms with E-state index in [-0.39, 0.29) is 0 Å². The molecule has 1 aromatic heterocycles. The van der Waals surface area contributed by atoms with Crippen LogP contribution in [0, 0.1) is 0 Å². The third-order valence-corrected chi connectivity index (χ3v) is 5.49. The number of halogens is 3. The van der Waals surface area contributed by atoms with E-state index in [2.05, 4.69) is 46.4 Å². The standard InChI is InChI=1S/C22H17Cl3N2/c23-17-9-10-21(20(25)11-17)26-12-16-14-27(22-8-4-2-6-18(16)22)13-15-5-1-3-7-19(15)24/h1-11,14,26H,12-13H2. The lowest BCUT2D eigenvalue weighted by Gasteiger charge is -2.08. The highest BCUT2D eigenvalue weighted by Crippen LogP contribution is 2.28. The van der Waals surface area contributed by atoms with Crippen LogP contribution in [0.5, 0.6) is 0 Å². The number of nitrogens with zero attached hydrogens (tertiary/aromatic N) is 1. The van der Waals surface area contributed by atoms with Crippen LogP contribution in [0.25, 0.3) is 10.9 Å². The Morgan fingerprint density at radius 3 is 2.37 bits per heavy atom. The van der Waals surface area contributed by atoms with Crippen LogP contribution < -0.4 is 5.32 Å². The molecule has 136 valence electrons. The summed E-state index contributed by atoms with van der Waals surface area (Å²) in [5.41, 5.74) is 4.34. The molecule has 1 heterocycles. The van der Waals surface area contributed by atoms with E-state index < -0.39 is 0 Å². The number of hydrogen-bond donors (Lipinski definition) is 1. The van der Waals surface area contributed by atoms with E-state index >= 15 is 0 Å². The molecule has 0 bridgehead atoms. The molecule has 0 aliphatic rings. The Morgan fingerprint density at radius 2 is 1.56 bits per heavy atom. The predicted molar refractivity (Wildman–Crippen MR) is 116 cm³/mol. The molecule has 0 atom stereocenters. The summed E-state index contributed by atoms with van der Waals surface area (Å²) in [4.78, 5) is 0. The quantitative estimate of drug-likeness (QED) is 0.363. The van der Waals surface area contributed by atoms with Crippen LogP contribution in [0.4, 0.5) is 5.69 Å². The second-order valence-corrected chi connectivity index (χ2v) is 7.62. The van der Waals surface area contributed by atoms with Gasteiger partial charge in [-0.05, 0) is 41.5 Å². The molecule has 0 radical (unpaired) electrons. The van der Waals surface area contributed by atoms with E-state index in [0.29, 0.717) is 16.6 Å². The van der Waals surface area contributed by atoms with Gasteiger partial charge in [0.1, 0.15) is 0 Å². The van der Waals surface area contributed by atoms with Crippen LogP contribution in [0.15, 0.2) is 72.9 Å². The van der Waals surface area contributed by atoms with Crippen molar-refractivity contribution in [3.8, 4) is 0 Å². The van der Waals surface area contributed by atoms with Crippen molar-refractivity contribution in [2.45, 2.75) is 13.1 Å². The van der Waals surface area contributed by atoms with Gasteiger partial charge in [-0.1, -0.05) is 71.2 Å². The fraction of sp³-hybridized carbons (Fsp3) is 0.0909. The minimum absolute atomic E-state index is 0.613. The fourth-order valence-electron chi connectivity index (χ4n) is 3.23. The summed E-state index contributed by atoms with van der Waals surface area (Å²) in [7, 11) is 0. The second-order valence-electron chi connectivity index (χ2n) is 6.37. The molecular formula is C22H17Cl3N2. The number of nitrogens with one attached hydrogen (secondary N) is 1. The number of benzene rings is 3. The molecule has 0 saturated heterocycles. The average Bonchev–Trinajstić information content (AvgIpc) is 3.01. The van der Waals surface area contributed by atoms with Crippen LogP contribution in [0.1, 0.15) is 11.1 Å². The molecule has 0 spiro atoms. The minimum atomic E-state index is 0.613. The molecule has 1 N–H and O–H groups in total. The van der Waals surface area contributed by atoms with Crippen LogP contribution in [0.3, 0.4) is 0 Å². The maximum Gasteiger partial charge on any atom is 0.0652 e. The highest BCUT2D eigenvalue weighted by Gasteiger charge is 2.10. The number of aromatic nitrogens is 1.